The highest BCUT2D eigenvalue weighted by Gasteiger charge is 2.47. The van der Waals surface area contributed by atoms with E-state index in [1.165, 1.54) is 13.0 Å². The van der Waals surface area contributed by atoms with Crippen LogP contribution in [0.5, 0.6) is 0 Å². The van der Waals surface area contributed by atoms with Crippen molar-refractivity contribution >= 4 is 40.2 Å². The first-order valence-corrected chi connectivity index (χ1v) is 11.5. The number of nitrogens with zero attached hydrogens (tertiary/aromatic N) is 2. The second-order valence-electron chi connectivity index (χ2n) is 8.02. The molecule has 3 unspecified atom stereocenters. The number of hydrogen-bond acceptors (Lipinski definition) is 7. The van der Waals surface area contributed by atoms with E-state index >= 15 is 0 Å². The fraction of sp³-hybridized carbons (Fsp3) is 0.348. The van der Waals surface area contributed by atoms with Crippen molar-refractivity contribution < 1.29 is 32.7 Å². The molecule has 4 rings (SSSR count). The highest BCUT2D eigenvalue weighted by atomic mass is 32.1. The maximum absolute atomic E-state index is 13.4. The normalized spacial score (nSPS) is 20.3. The Balaban J connectivity index is 1.27. The van der Waals surface area contributed by atoms with E-state index in [1.54, 1.807) is 5.38 Å². The molecule has 1 saturated heterocycles. The number of halogens is 2. The lowest BCUT2D eigenvalue weighted by Gasteiger charge is -2.16. The number of amides is 3. The zero-order chi connectivity index (χ0) is 24.4. The number of ether oxygens (including phenoxy) is 1. The average molecular weight is 490 g/mol. The van der Waals surface area contributed by atoms with Crippen LogP contribution in [0, 0.1) is 23.5 Å². The molecule has 178 valence electrons. The molecule has 0 saturated carbocycles. The number of aromatic nitrogens is 1. The summed E-state index contributed by atoms with van der Waals surface area (Å²) in [5.41, 5.74) is 0.691. The minimum Gasteiger partial charge on any atom is -0.452 e. The molecule has 3 amide bonds. The summed E-state index contributed by atoms with van der Waals surface area (Å²) in [4.78, 5) is 54.7. The molecule has 11 heteroatoms. The van der Waals surface area contributed by atoms with Crippen LogP contribution in [0.15, 0.2) is 35.7 Å². The number of carbonyl (C=O) groups excluding carboxylic acids is 4. The van der Waals surface area contributed by atoms with E-state index in [0.29, 0.717) is 24.1 Å². The number of thiazole rings is 1. The molecule has 2 aromatic rings. The van der Waals surface area contributed by atoms with Gasteiger partial charge in [0, 0.05) is 17.5 Å². The topological polar surface area (TPSA) is 106 Å². The lowest BCUT2D eigenvalue weighted by atomic mass is 9.85. The van der Waals surface area contributed by atoms with Crippen LogP contribution < -0.4 is 5.32 Å². The lowest BCUT2D eigenvalue weighted by Crippen LogP contribution is -2.35. The van der Waals surface area contributed by atoms with Gasteiger partial charge in [0.15, 0.2) is 22.9 Å². The summed E-state index contributed by atoms with van der Waals surface area (Å²) in [5.74, 6) is -4.64. The van der Waals surface area contributed by atoms with Gasteiger partial charge in [0.2, 0.25) is 11.8 Å². The molecule has 1 fully saturated rings. The van der Waals surface area contributed by atoms with Crippen LogP contribution in [-0.4, -0.2) is 46.2 Å². The molecule has 1 N–H and O–H groups in total. The molecular formula is C23H21F2N3O5S. The number of rotatable bonds is 7. The summed E-state index contributed by atoms with van der Waals surface area (Å²) in [6, 6.07) is 3.35. The Labute approximate surface area is 197 Å². The highest BCUT2D eigenvalue weighted by Crippen LogP contribution is 2.35. The number of anilines is 1. The number of hydrogen-bond donors (Lipinski definition) is 1. The molecular weight excluding hydrogens is 468 g/mol. The van der Waals surface area contributed by atoms with Gasteiger partial charge in [-0.1, -0.05) is 12.2 Å². The molecule has 0 bridgehead atoms. The van der Waals surface area contributed by atoms with E-state index in [4.69, 9.17) is 4.74 Å². The van der Waals surface area contributed by atoms with Crippen molar-refractivity contribution in [2.45, 2.75) is 32.3 Å². The Morgan fingerprint density at radius 1 is 1.18 bits per heavy atom. The quantitative estimate of drug-likeness (QED) is 0.364. The average Bonchev–Trinajstić information content (AvgIpc) is 3.37. The molecule has 34 heavy (non-hydrogen) atoms. The fourth-order valence-corrected chi connectivity index (χ4v) is 4.65. The third-order valence-corrected chi connectivity index (χ3v) is 6.52. The zero-order valence-corrected chi connectivity index (χ0v) is 18.9. The Morgan fingerprint density at radius 2 is 1.85 bits per heavy atom. The van der Waals surface area contributed by atoms with Crippen LogP contribution in [-0.2, 0) is 23.9 Å². The van der Waals surface area contributed by atoms with Crippen molar-refractivity contribution in [3.63, 3.8) is 0 Å². The fourth-order valence-electron chi connectivity index (χ4n) is 3.93. The third kappa shape index (κ3) is 4.89. The third-order valence-electron chi connectivity index (χ3n) is 5.77. The second-order valence-corrected chi connectivity index (χ2v) is 8.88. The van der Waals surface area contributed by atoms with Gasteiger partial charge in [-0.2, -0.15) is 0 Å². The van der Waals surface area contributed by atoms with Crippen molar-refractivity contribution in [1.82, 2.24) is 9.88 Å². The molecule has 0 spiro atoms. The van der Waals surface area contributed by atoms with E-state index in [-0.39, 0.29) is 41.7 Å². The summed E-state index contributed by atoms with van der Waals surface area (Å²) in [6.45, 7) is 1.28. The second kappa shape index (κ2) is 9.80. The van der Waals surface area contributed by atoms with Gasteiger partial charge in [-0.15, -0.1) is 11.3 Å². The van der Waals surface area contributed by atoms with Gasteiger partial charge >= 0.3 is 5.97 Å². The predicted molar refractivity (Wildman–Crippen MR) is 118 cm³/mol. The van der Waals surface area contributed by atoms with Crippen LogP contribution in [0.4, 0.5) is 13.9 Å². The first kappa shape index (κ1) is 23.7. The number of carbonyl (C=O) groups is 4. The Kier molecular flexibility index (Phi) is 6.82. The highest BCUT2D eigenvalue weighted by molar-refractivity contribution is 7.14. The van der Waals surface area contributed by atoms with Crippen LogP contribution in [0.3, 0.4) is 0 Å². The SMILES string of the molecule is CC(OC(=O)CCN1C(=O)C2CC=CCC2C1=O)C(=O)Nc1nc(-c2ccc(F)c(F)c2)cs1. The molecule has 2 aliphatic rings. The van der Waals surface area contributed by atoms with E-state index in [2.05, 4.69) is 10.3 Å². The number of nitrogens with one attached hydrogen (secondary N) is 1. The van der Waals surface area contributed by atoms with E-state index in [1.807, 2.05) is 12.2 Å². The van der Waals surface area contributed by atoms with Gasteiger partial charge in [-0.3, -0.25) is 29.4 Å². The number of fused-ring (bicyclic) bond motifs is 1. The maximum atomic E-state index is 13.4. The van der Waals surface area contributed by atoms with E-state index < -0.39 is 29.6 Å². The molecule has 1 aromatic heterocycles. The number of imide groups is 1. The molecule has 1 aliphatic heterocycles. The van der Waals surface area contributed by atoms with Crippen molar-refractivity contribution in [3.8, 4) is 11.3 Å². The van der Waals surface area contributed by atoms with Crippen LogP contribution in [0.1, 0.15) is 26.2 Å². The summed E-state index contributed by atoms with van der Waals surface area (Å²) >= 11 is 1.07. The largest absolute Gasteiger partial charge is 0.452 e. The first-order valence-electron chi connectivity index (χ1n) is 10.7. The van der Waals surface area contributed by atoms with Gasteiger partial charge in [0.1, 0.15) is 0 Å². The van der Waals surface area contributed by atoms with Gasteiger partial charge < -0.3 is 4.74 Å². The zero-order valence-electron chi connectivity index (χ0n) is 18.1. The maximum Gasteiger partial charge on any atom is 0.308 e. The van der Waals surface area contributed by atoms with Gasteiger partial charge in [0.05, 0.1) is 24.0 Å². The Bertz CT molecular complexity index is 1160. The molecule has 1 aromatic carbocycles. The smallest absolute Gasteiger partial charge is 0.308 e. The van der Waals surface area contributed by atoms with Gasteiger partial charge in [0.25, 0.3) is 5.91 Å². The number of benzene rings is 1. The van der Waals surface area contributed by atoms with E-state index in [9.17, 15) is 28.0 Å². The van der Waals surface area contributed by atoms with Gasteiger partial charge in [-0.05, 0) is 38.0 Å². The summed E-state index contributed by atoms with van der Waals surface area (Å²) in [5, 5.41) is 4.26. The summed E-state index contributed by atoms with van der Waals surface area (Å²) < 4.78 is 31.7. The number of esters is 1. The molecule has 0 radical (unpaired) electrons. The van der Waals surface area contributed by atoms with Crippen molar-refractivity contribution in [1.29, 1.82) is 0 Å². The minimum atomic E-state index is -1.15. The minimum absolute atomic E-state index is 0.0953. The van der Waals surface area contributed by atoms with Crippen molar-refractivity contribution in [3.05, 3.63) is 47.4 Å². The first-order chi connectivity index (χ1) is 16.2. The summed E-state index contributed by atoms with van der Waals surface area (Å²) in [6.07, 6.45) is 3.42. The predicted octanol–water partition coefficient (Wildman–Crippen LogP) is 3.30. The van der Waals surface area contributed by atoms with Crippen LogP contribution in [0.25, 0.3) is 11.3 Å². The van der Waals surface area contributed by atoms with Crippen molar-refractivity contribution in [2.75, 3.05) is 11.9 Å². The van der Waals surface area contributed by atoms with E-state index in [0.717, 1.165) is 28.4 Å². The standard InChI is InChI=1S/C23H21F2N3O5S/c1-12(20(30)27-23-26-18(11-34-23)13-6-7-16(24)17(25)10-13)33-19(29)8-9-28-21(31)14-4-2-3-5-15(14)22(28)32/h2-3,6-7,10-12,14-15H,4-5,8-9H2,1H3,(H,26,27,30). The molecule has 2 heterocycles. The molecule has 8 nitrogen and oxygen atoms in total. The summed E-state index contributed by atoms with van der Waals surface area (Å²) in [7, 11) is 0. The van der Waals surface area contributed by atoms with Crippen molar-refractivity contribution in [2.24, 2.45) is 11.8 Å². The monoisotopic (exact) mass is 489 g/mol. The van der Waals surface area contributed by atoms with Crippen LogP contribution in [0.2, 0.25) is 0 Å². The Hall–Kier alpha value is -3.47. The molecule has 3 atom stereocenters. The Morgan fingerprint density at radius 3 is 2.50 bits per heavy atom. The molecule has 1 aliphatic carbocycles. The lowest BCUT2D eigenvalue weighted by molar-refractivity contribution is -0.154. The van der Waals surface area contributed by atoms with Crippen LogP contribution >= 0.6 is 11.3 Å². The number of likely N-dealkylation sites (tertiary alicyclic amines) is 1. The van der Waals surface area contributed by atoms with Gasteiger partial charge in [-0.25, -0.2) is 13.8 Å². The number of allylic oxidation sites excluding steroid dienone is 2.